The summed E-state index contributed by atoms with van der Waals surface area (Å²) < 4.78 is 2.42. The molecule has 0 saturated carbocycles. The zero-order valence-corrected chi connectivity index (χ0v) is 17.4. The van der Waals surface area contributed by atoms with E-state index in [1.165, 1.54) is 48.9 Å². The first-order valence-corrected chi connectivity index (χ1v) is 11.2. The molecular formula is C28H19NSi. The van der Waals surface area contributed by atoms with Crippen LogP contribution in [0.25, 0.3) is 32.3 Å². The van der Waals surface area contributed by atoms with Crippen LogP contribution >= 0.6 is 0 Å². The Kier molecular flexibility index (Phi) is 4.03. The van der Waals surface area contributed by atoms with Crippen molar-refractivity contribution in [3.63, 3.8) is 0 Å². The van der Waals surface area contributed by atoms with Gasteiger partial charge >= 0.3 is 0 Å². The molecule has 0 amide bonds. The number of hydrogen-bond donors (Lipinski definition) is 0. The van der Waals surface area contributed by atoms with Gasteiger partial charge in [-0.05, 0) is 61.8 Å². The Balaban J connectivity index is 1.56. The van der Waals surface area contributed by atoms with E-state index in [1.807, 2.05) is 0 Å². The molecule has 0 fully saturated rings. The molecule has 6 rings (SSSR count). The molecule has 0 aromatic heterocycles. The van der Waals surface area contributed by atoms with Crippen LogP contribution in [-0.2, 0) is 0 Å². The number of hydrogen-bond acceptors (Lipinski definition) is 1. The van der Waals surface area contributed by atoms with E-state index in [-0.39, 0.29) is 0 Å². The second-order valence-electron chi connectivity index (χ2n) is 7.59. The Morgan fingerprint density at radius 2 is 0.967 bits per heavy atom. The molecule has 0 atom stereocenters. The first-order valence-electron chi connectivity index (χ1n) is 10.2. The van der Waals surface area contributed by atoms with Crippen molar-refractivity contribution in [2.75, 3.05) is 4.57 Å². The summed E-state index contributed by atoms with van der Waals surface area (Å²) in [5.74, 6) is 0. The summed E-state index contributed by atoms with van der Waals surface area (Å²) in [7, 11) is 0.502. The lowest BCUT2D eigenvalue weighted by molar-refractivity contribution is 1.40. The van der Waals surface area contributed by atoms with Crippen molar-refractivity contribution in [1.82, 2.24) is 0 Å². The molecule has 0 N–H and O–H groups in total. The van der Waals surface area contributed by atoms with Crippen LogP contribution in [-0.4, -0.2) is 9.68 Å². The summed E-state index contributed by atoms with van der Waals surface area (Å²) in [5.41, 5.74) is 2.43. The highest BCUT2D eigenvalue weighted by molar-refractivity contribution is 6.63. The molecule has 2 heteroatoms. The van der Waals surface area contributed by atoms with E-state index in [1.54, 1.807) is 0 Å². The fourth-order valence-electron chi connectivity index (χ4n) is 4.39. The molecular weight excluding hydrogens is 378 g/mol. The summed E-state index contributed by atoms with van der Waals surface area (Å²) in [6, 6.07) is 41.6. The second-order valence-corrected chi connectivity index (χ2v) is 8.80. The Morgan fingerprint density at radius 1 is 0.433 bits per heavy atom. The van der Waals surface area contributed by atoms with Crippen LogP contribution in [0.15, 0.2) is 115 Å². The van der Waals surface area contributed by atoms with Crippen molar-refractivity contribution in [3.05, 3.63) is 115 Å². The standard InChI is InChI=1S/C28H19NSi/c1-3-10-23(11-4-1)29(24-12-5-2-6-13-24)30-26-19-17-22-15-14-20-8-7-9-21-16-18-25(26)28(22)27(20)21/h1-19H. The van der Waals surface area contributed by atoms with E-state index in [0.29, 0.717) is 9.68 Å². The van der Waals surface area contributed by atoms with Gasteiger partial charge in [0.05, 0.1) is 0 Å². The number of rotatable bonds is 4. The van der Waals surface area contributed by atoms with Gasteiger partial charge in [-0.1, -0.05) is 91.0 Å². The maximum absolute atomic E-state index is 2.42. The van der Waals surface area contributed by atoms with E-state index in [0.717, 1.165) is 0 Å². The molecule has 30 heavy (non-hydrogen) atoms. The van der Waals surface area contributed by atoms with Gasteiger partial charge in [-0.2, -0.15) is 0 Å². The lowest BCUT2D eigenvalue weighted by Gasteiger charge is -2.25. The molecule has 0 heterocycles. The van der Waals surface area contributed by atoms with E-state index in [4.69, 9.17) is 0 Å². The maximum Gasteiger partial charge on any atom is 0.227 e. The van der Waals surface area contributed by atoms with Crippen molar-refractivity contribution in [3.8, 4) is 0 Å². The number of anilines is 2. The number of nitrogens with zero attached hydrogens (tertiary/aromatic N) is 1. The van der Waals surface area contributed by atoms with Gasteiger partial charge in [-0.3, -0.25) is 0 Å². The Bertz CT molecular complexity index is 1400. The van der Waals surface area contributed by atoms with Gasteiger partial charge in [0.25, 0.3) is 0 Å². The fourth-order valence-corrected chi connectivity index (χ4v) is 5.67. The van der Waals surface area contributed by atoms with E-state index in [2.05, 4.69) is 120 Å². The highest BCUT2D eigenvalue weighted by Gasteiger charge is 2.16. The summed E-state index contributed by atoms with van der Waals surface area (Å²) >= 11 is 0. The van der Waals surface area contributed by atoms with Crippen LogP contribution in [0.5, 0.6) is 0 Å². The molecule has 0 aliphatic heterocycles. The molecule has 2 radical (unpaired) electrons. The minimum atomic E-state index is 0.502. The molecule has 1 nitrogen and oxygen atoms in total. The van der Waals surface area contributed by atoms with E-state index in [9.17, 15) is 0 Å². The van der Waals surface area contributed by atoms with Gasteiger partial charge in [-0.25, -0.2) is 0 Å². The Labute approximate surface area is 178 Å². The van der Waals surface area contributed by atoms with Crippen molar-refractivity contribution in [2.24, 2.45) is 0 Å². The van der Waals surface area contributed by atoms with Gasteiger partial charge in [0.1, 0.15) is 0 Å². The van der Waals surface area contributed by atoms with Crippen LogP contribution < -0.4 is 9.75 Å². The summed E-state index contributed by atoms with van der Waals surface area (Å²) in [6.07, 6.45) is 0. The SMILES string of the molecule is c1ccc(N([Si]c2ccc3ccc4cccc5ccc2c3c45)c2ccccc2)cc1. The normalized spacial score (nSPS) is 11.5. The number of benzene rings is 6. The van der Waals surface area contributed by atoms with Crippen molar-refractivity contribution < 1.29 is 0 Å². The largest absolute Gasteiger partial charge is 0.364 e. The van der Waals surface area contributed by atoms with Crippen LogP contribution in [0.3, 0.4) is 0 Å². The highest BCUT2D eigenvalue weighted by atomic mass is 28.2. The van der Waals surface area contributed by atoms with Gasteiger partial charge < -0.3 is 4.57 Å². The zero-order valence-electron chi connectivity index (χ0n) is 16.4. The Hall–Kier alpha value is -3.62. The van der Waals surface area contributed by atoms with Crippen LogP contribution in [0.4, 0.5) is 11.4 Å². The summed E-state index contributed by atoms with van der Waals surface area (Å²) in [4.78, 5) is 0. The van der Waals surface area contributed by atoms with Crippen LogP contribution in [0.2, 0.25) is 0 Å². The zero-order chi connectivity index (χ0) is 19.9. The van der Waals surface area contributed by atoms with Gasteiger partial charge in [0.15, 0.2) is 0 Å². The average molecular weight is 398 g/mol. The third-order valence-electron chi connectivity index (χ3n) is 5.79. The third-order valence-corrected chi connectivity index (χ3v) is 7.21. The lowest BCUT2D eigenvalue weighted by Crippen LogP contribution is -2.32. The molecule has 0 aliphatic carbocycles. The quantitative estimate of drug-likeness (QED) is 0.237. The molecule has 6 aromatic rings. The van der Waals surface area contributed by atoms with Gasteiger partial charge in [-0.15, -0.1) is 0 Å². The smallest absolute Gasteiger partial charge is 0.227 e. The first kappa shape index (κ1) is 17.3. The predicted molar refractivity (Wildman–Crippen MR) is 131 cm³/mol. The fraction of sp³-hybridized carbons (Fsp3) is 0. The molecule has 140 valence electrons. The van der Waals surface area contributed by atoms with Gasteiger partial charge in [0.2, 0.25) is 9.68 Å². The Morgan fingerprint density at radius 3 is 1.60 bits per heavy atom. The first-order chi connectivity index (χ1) is 14.9. The van der Waals surface area contributed by atoms with Crippen molar-refractivity contribution in [1.29, 1.82) is 0 Å². The maximum atomic E-state index is 2.42. The minimum Gasteiger partial charge on any atom is -0.364 e. The molecule has 0 saturated heterocycles. The van der Waals surface area contributed by atoms with Crippen molar-refractivity contribution in [2.45, 2.75) is 0 Å². The molecule has 0 aliphatic rings. The van der Waals surface area contributed by atoms with Crippen LogP contribution in [0.1, 0.15) is 0 Å². The number of para-hydroxylation sites is 2. The lowest BCUT2D eigenvalue weighted by atomic mass is 9.94. The van der Waals surface area contributed by atoms with Crippen molar-refractivity contribution >= 4 is 58.6 Å². The topological polar surface area (TPSA) is 3.24 Å². The highest BCUT2D eigenvalue weighted by Crippen LogP contribution is 2.34. The summed E-state index contributed by atoms with van der Waals surface area (Å²) in [5, 5.41) is 9.43. The molecule has 6 aromatic carbocycles. The molecule has 0 unspecified atom stereocenters. The van der Waals surface area contributed by atoms with Gasteiger partial charge in [0, 0.05) is 11.4 Å². The average Bonchev–Trinajstić information content (AvgIpc) is 2.82. The van der Waals surface area contributed by atoms with Crippen LogP contribution in [0, 0.1) is 0 Å². The van der Waals surface area contributed by atoms with E-state index >= 15 is 0 Å². The molecule has 0 bridgehead atoms. The monoisotopic (exact) mass is 397 g/mol. The minimum absolute atomic E-state index is 0.502. The molecule has 0 spiro atoms. The third kappa shape index (κ3) is 2.77. The predicted octanol–water partition coefficient (Wildman–Crippen LogP) is 6.67. The summed E-state index contributed by atoms with van der Waals surface area (Å²) in [6.45, 7) is 0. The second kappa shape index (κ2) is 7.01. The van der Waals surface area contributed by atoms with E-state index < -0.39 is 0 Å².